The van der Waals surface area contributed by atoms with Crippen molar-refractivity contribution in [1.29, 1.82) is 0 Å². The number of hydrogen-bond donors (Lipinski definition) is 2. The van der Waals surface area contributed by atoms with Crippen molar-refractivity contribution < 1.29 is 23.6 Å². The molecule has 2 saturated heterocycles. The number of halogens is 1. The van der Waals surface area contributed by atoms with Crippen molar-refractivity contribution in [1.82, 2.24) is 20.4 Å². The van der Waals surface area contributed by atoms with E-state index in [1.165, 1.54) is 5.56 Å². The van der Waals surface area contributed by atoms with Gasteiger partial charge in [0.05, 0.1) is 19.1 Å². The molecule has 2 heterocycles. The standard InChI is InChI=1S/C26H29FN4O4/c1-16(2)17-8-10-19(11-9-17)24(18-6-4-3-5-7-18)29-25(34)21-12-20(27)14-30(21)23(33)15-31-22(32)13-28-26(31)35/h3-11,16,20-21,24H,12-15H2,1-2H3,(H,28,35)(H,29,34). The minimum Gasteiger partial charge on any atom is -0.343 e. The second kappa shape index (κ2) is 10.2. The third kappa shape index (κ3) is 5.34. The van der Waals surface area contributed by atoms with E-state index >= 15 is 0 Å². The predicted octanol–water partition coefficient (Wildman–Crippen LogP) is 2.51. The Morgan fingerprint density at radius 1 is 1.03 bits per heavy atom. The first-order chi connectivity index (χ1) is 16.7. The second-order valence-corrected chi connectivity index (χ2v) is 9.21. The van der Waals surface area contributed by atoms with E-state index in [4.69, 9.17) is 0 Å². The highest BCUT2D eigenvalue weighted by Gasteiger charge is 2.42. The summed E-state index contributed by atoms with van der Waals surface area (Å²) in [6.45, 7) is 3.23. The van der Waals surface area contributed by atoms with Gasteiger partial charge in [-0.2, -0.15) is 0 Å². The van der Waals surface area contributed by atoms with Gasteiger partial charge in [0.25, 0.3) is 5.91 Å². The van der Waals surface area contributed by atoms with Gasteiger partial charge in [-0.3, -0.25) is 19.3 Å². The average Bonchev–Trinajstić information content (AvgIpc) is 3.40. The van der Waals surface area contributed by atoms with Gasteiger partial charge in [0.15, 0.2) is 0 Å². The minimum atomic E-state index is -1.38. The van der Waals surface area contributed by atoms with E-state index in [2.05, 4.69) is 24.5 Å². The summed E-state index contributed by atoms with van der Waals surface area (Å²) in [6.07, 6.45) is -1.52. The van der Waals surface area contributed by atoms with Crippen molar-refractivity contribution in [3.05, 3.63) is 71.3 Å². The lowest BCUT2D eigenvalue weighted by atomic mass is 9.95. The Morgan fingerprint density at radius 3 is 2.26 bits per heavy atom. The summed E-state index contributed by atoms with van der Waals surface area (Å²) in [5, 5.41) is 5.34. The van der Waals surface area contributed by atoms with Crippen LogP contribution in [-0.4, -0.2) is 65.4 Å². The summed E-state index contributed by atoms with van der Waals surface area (Å²) in [4.78, 5) is 51.8. The number of benzene rings is 2. The summed E-state index contributed by atoms with van der Waals surface area (Å²) in [5.41, 5.74) is 2.88. The molecule has 0 aliphatic carbocycles. The van der Waals surface area contributed by atoms with E-state index < -0.39 is 48.6 Å². The van der Waals surface area contributed by atoms with Gasteiger partial charge in [-0.15, -0.1) is 0 Å². The van der Waals surface area contributed by atoms with Gasteiger partial charge in [0, 0.05) is 6.42 Å². The first-order valence-corrected chi connectivity index (χ1v) is 11.7. The van der Waals surface area contributed by atoms with Crippen molar-refractivity contribution in [3.8, 4) is 0 Å². The first kappa shape index (κ1) is 24.4. The Morgan fingerprint density at radius 2 is 1.66 bits per heavy atom. The summed E-state index contributed by atoms with van der Waals surface area (Å²) in [7, 11) is 0. The highest BCUT2D eigenvalue weighted by atomic mass is 19.1. The molecule has 2 aromatic carbocycles. The molecule has 5 amide bonds. The van der Waals surface area contributed by atoms with Crippen molar-refractivity contribution in [2.75, 3.05) is 19.6 Å². The van der Waals surface area contributed by atoms with E-state index in [0.717, 1.165) is 20.9 Å². The topological polar surface area (TPSA) is 98.8 Å². The van der Waals surface area contributed by atoms with Crippen LogP contribution in [0.5, 0.6) is 0 Å². The number of imide groups is 1. The number of nitrogens with one attached hydrogen (secondary N) is 2. The Bertz CT molecular complexity index is 1090. The van der Waals surface area contributed by atoms with E-state index in [9.17, 15) is 23.6 Å². The maximum Gasteiger partial charge on any atom is 0.325 e. The lowest BCUT2D eigenvalue weighted by Crippen LogP contribution is -2.50. The maximum atomic E-state index is 14.4. The van der Waals surface area contributed by atoms with Crippen molar-refractivity contribution in [2.45, 2.75) is 44.4 Å². The van der Waals surface area contributed by atoms with E-state index in [0.29, 0.717) is 5.92 Å². The van der Waals surface area contributed by atoms with Crippen LogP contribution >= 0.6 is 0 Å². The van der Waals surface area contributed by atoms with Crippen molar-refractivity contribution in [2.24, 2.45) is 0 Å². The normalized spacial score (nSPS) is 20.8. The quantitative estimate of drug-likeness (QED) is 0.595. The maximum absolute atomic E-state index is 14.4. The molecule has 2 aliphatic rings. The molecular formula is C26H29FN4O4. The first-order valence-electron chi connectivity index (χ1n) is 11.7. The smallest absolute Gasteiger partial charge is 0.325 e. The molecule has 2 fully saturated rings. The van der Waals surface area contributed by atoms with Gasteiger partial charge in [0.2, 0.25) is 11.8 Å². The van der Waals surface area contributed by atoms with E-state index in [-0.39, 0.29) is 19.5 Å². The van der Waals surface area contributed by atoms with Gasteiger partial charge < -0.3 is 15.5 Å². The van der Waals surface area contributed by atoms with Crippen LogP contribution in [0.1, 0.15) is 48.9 Å². The van der Waals surface area contributed by atoms with Crippen LogP contribution in [0.15, 0.2) is 54.6 Å². The fraction of sp³-hybridized carbons (Fsp3) is 0.385. The van der Waals surface area contributed by atoms with Crippen molar-refractivity contribution in [3.63, 3.8) is 0 Å². The number of urea groups is 1. The molecule has 8 nitrogen and oxygen atoms in total. The van der Waals surface area contributed by atoms with Gasteiger partial charge in [-0.1, -0.05) is 68.4 Å². The Hall–Kier alpha value is -3.75. The molecule has 3 unspecified atom stereocenters. The number of carbonyl (C=O) groups excluding carboxylic acids is 4. The lowest BCUT2D eigenvalue weighted by Gasteiger charge is -2.28. The molecule has 2 aromatic rings. The average molecular weight is 481 g/mol. The van der Waals surface area contributed by atoms with Gasteiger partial charge in [0.1, 0.15) is 18.8 Å². The second-order valence-electron chi connectivity index (χ2n) is 9.21. The molecule has 3 atom stereocenters. The molecule has 0 spiro atoms. The van der Waals surface area contributed by atoms with Crippen molar-refractivity contribution >= 4 is 23.8 Å². The number of hydrogen-bond acceptors (Lipinski definition) is 4. The summed E-state index contributed by atoms with van der Waals surface area (Å²) < 4.78 is 14.4. The lowest BCUT2D eigenvalue weighted by molar-refractivity contribution is -0.141. The molecule has 0 bridgehead atoms. The minimum absolute atomic E-state index is 0.147. The Balaban J connectivity index is 1.54. The molecule has 0 saturated carbocycles. The number of nitrogens with zero attached hydrogens (tertiary/aromatic N) is 2. The molecule has 184 valence electrons. The number of amides is 5. The number of alkyl halides is 1. The molecule has 0 radical (unpaired) electrons. The zero-order chi connectivity index (χ0) is 25.1. The fourth-order valence-electron chi connectivity index (χ4n) is 4.47. The molecule has 2 aliphatic heterocycles. The van der Waals surface area contributed by atoms with Crippen LogP contribution in [0.4, 0.5) is 9.18 Å². The molecule has 9 heteroatoms. The molecular weight excluding hydrogens is 451 g/mol. The number of likely N-dealkylation sites (tertiary alicyclic amines) is 1. The monoisotopic (exact) mass is 480 g/mol. The van der Waals surface area contributed by atoms with Gasteiger partial charge >= 0.3 is 6.03 Å². The summed E-state index contributed by atoms with van der Waals surface area (Å²) in [5.74, 6) is -1.31. The zero-order valence-corrected chi connectivity index (χ0v) is 19.7. The van der Waals surface area contributed by atoms with Crippen LogP contribution in [0, 0.1) is 0 Å². The SMILES string of the molecule is CC(C)c1ccc(C(NC(=O)C2CC(F)CN2C(=O)CN2C(=O)CNC2=O)c2ccccc2)cc1. The third-order valence-electron chi connectivity index (χ3n) is 6.46. The Kier molecular flexibility index (Phi) is 7.14. The molecule has 0 aromatic heterocycles. The van der Waals surface area contributed by atoms with Gasteiger partial charge in [-0.25, -0.2) is 9.18 Å². The fourth-order valence-corrected chi connectivity index (χ4v) is 4.47. The van der Waals surface area contributed by atoms with Gasteiger partial charge in [-0.05, 0) is 22.6 Å². The number of carbonyl (C=O) groups is 4. The zero-order valence-electron chi connectivity index (χ0n) is 19.7. The largest absolute Gasteiger partial charge is 0.343 e. The van der Waals surface area contributed by atoms with E-state index in [1.807, 2.05) is 54.6 Å². The van der Waals surface area contributed by atoms with E-state index in [1.54, 1.807) is 0 Å². The van der Waals surface area contributed by atoms with Crippen LogP contribution in [0.25, 0.3) is 0 Å². The van der Waals surface area contributed by atoms with Crippen LogP contribution in [-0.2, 0) is 14.4 Å². The molecule has 35 heavy (non-hydrogen) atoms. The summed E-state index contributed by atoms with van der Waals surface area (Å²) >= 11 is 0. The molecule has 4 rings (SSSR count). The predicted molar refractivity (Wildman–Crippen MR) is 127 cm³/mol. The summed E-state index contributed by atoms with van der Waals surface area (Å²) in [6, 6.07) is 15.2. The highest BCUT2D eigenvalue weighted by Crippen LogP contribution is 2.27. The highest BCUT2D eigenvalue weighted by molar-refractivity contribution is 6.04. The Labute approximate surface area is 203 Å². The molecule has 2 N–H and O–H groups in total. The van der Waals surface area contributed by atoms with Crippen LogP contribution in [0.2, 0.25) is 0 Å². The third-order valence-corrected chi connectivity index (χ3v) is 6.46. The number of rotatable bonds is 7. The van der Waals surface area contributed by atoms with Crippen LogP contribution in [0.3, 0.4) is 0 Å². The van der Waals surface area contributed by atoms with Crippen LogP contribution < -0.4 is 10.6 Å².